The minimum Gasteiger partial charge on any atom is -0.272 e. The van der Waals surface area contributed by atoms with E-state index in [-0.39, 0.29) is 12.3 Å². The Labute approximate surface area is 149 Å². The molecule has 1 heterocycles. The number of carbonyl (C=O) groups excluding carboxylic acids is 1. The smallest absolute Gasteiger partial charge is 0.250 e. The van der Waals surface area contributed by atoms with E-state index in [1.165, 1.54) is 0 Å². The van der Waals surface area contributed by atoms with Gasteiger partial charge in [-0.05, 0) is 35.9 Å². The van der Waals surface area contributed by atoms with Crippen LogP contribution < -0.4 is 5.36 Å². The Morgan fingerprint density at radius 2 is 1.88 bits per heavy atom. The highest BCUT2D eigenvalue weighted by atomic mass is 35.5. The molecule has 3 rings (SSSR count). The second-order valence-electron chi connectivity index (χ2n) is 5.08. The van der Waals surface area contributed by atoms with Gasteiger partial charge in [-0.15, -0.1) is 0 Å². The van der Waals surface area contributed by atoms with Gasteiger partial charge in [-0.2, -0.15) is 5.10 Å². The van der Waals surface area contributed by atoms with E-state index in [1.54, 1.807) is 41.3 Å². The molecule has 0 aliphatic carbocycles. The molecule has 0 unspecified atom stereocenters. The number of aromatic nitrogens is 2. The first-order valence-corrected chi connectivity index (χ1v) is 7.99. The zero-order valence-corrected chi connectivity index (χ0v) is 14.1. The number of rotatable bonds is 3. The summed E-state index contributed by atoms with van der Waals surface area (Å²) in [6.07, 6.45) is 3.43. The second-order valence-corrected chi connectivity index (χ2v) is 5.93. The van der Waals surface area contributed by atoms with Gasteiger partial charge in [-0.1, -0.05) is 47.5 Å². The molecule has 0 saturated heterocycles. The van der Waals surface area contributed by atoms with Crippen molar-refractivity contribution in [2.45, 2.75) is 6.42 Å². The number of amides is 1. The van der Waals surface area contributed by atoms with Crippen molar-refractivity contribution in [1.29, 1.82) is 0 Å². The van der Waals surface area contributed by atoms with Gasteiger partial charge in [0.25, 0.3) is 5.91 Å². The SMILES string of the molecule is O=C(Cc1ccc(Cl)cc1Cl)/N=c1/ccn(-c2ccccc2)nc1. The van der Waals surface area contributed by atoms with Crippen LogP contribution in [0.15, 0.2) is 72.0 Å². The summed E-state index contributed by atoms with van der Waals surface area (Å²) in [5.74, 6) is -0.293. The maximum absolute atomic E-state index is 12.1. The molecule has 0 bridgehead atoms. The topological polar surface area (TPSA) is 47.2 Å². The van der Waals surface area contributed by atoms with Crippen molar-refractivity contribution in [2.24, 2.45) is 4.99 Å². The zero-order valence-electron chi connectivity index (χ0n) is 12.6. The van der Waals surface area contributed by atoms with Crippen LogP contribution in [-0.4, -0.2) is 15.7 Å². The van der Waals surface area contributed by atoms with Crippen LogP contribution in [0.4, 0.5) is 0 Å². The molecule has 0 fully saturated rings. The van der Waals surface area contributed by atoms with Crippen LogP contribution in [0.25, 0.3) is 5.69 Å². The summed E-state index contributed by atoms with van der Waals surface area (Å²) in [6, 6.07) is 16.5. The molecule has 6 heteroatoms. The average molecular weight is 358 g/mol. The lowest BCUT2D eigenvalue weighted by molar-refractivity contribution is -0.117. The largest absolute Gasteiger partial charge is 0.272 e. The summed E-state index contributed by atoms with van der Waals surface area (Å²) in [7, 11) is 0. The molecule has 0 aliphatic heterocycles. The van der Waals surface area contributed by atoms with Crippen LogP contribution in [0.5, 0.6) is 0 Å². The monoisotopic (exact) mass is 357 g/mol. The Hall–Kier alpha value is -2.43. The fraction of sp³-hybridized carbons (Fsp3) is 0.0556. The van der Waals surface area contributed by atoms with E-state index in [4.69, 9.17) is 23.2 Å². The summed E-state index contributed by atoms with van der Waals surface area (Å²) >= 11 is 11.9. The number of para-hydroxylation sites is 1. The lowest BCUT2D eigenvalue weighted by atomic mass is 10.1. The van der Waals surface area contributed by atoms with E-state index < -0.39 is 0 Å². The predicted molar refractivity (Wildman–Crippen MR) is 94.3 cm³/mol. The molecule has 1 aromatic heterocycles. The fourth-order valence-corrected chi connectivity index (χ4v) is 2.64. The Balaban J connectivity index is 1.77. The minimum atomic E-state index is -0.293. The quantitative estimate of drug-likeness (QED) is 0.714. The summed E-state index contributed by atoms with van der Waals surface area (Å²) < 4.78 is 1.71. The Morgan fingerprint density at radius 1 is 1.08 bits per heavy atom. The predicted octanol–water partition coefficient (Wildman–Crippen LogP) is 3.85. The molecule has 3 aromatic rings. The summed E-state index contributed by atoms with van der Waals surface area (Å²) in [5, 5.41) is 5.75. The van der Waals surface area contributed by atoms with E-state index >= 15 is 0 Å². The standard InChI is InChI=1S/C18H13Cl2N3O/c19-14-7-6-13(17(20)11-14)10-18(24)22-15-8-9-23(21-12-15)16-4-2-1-3-5-16/h1-9,11-12H,10H2/b22-15-. The lowest BCUT2D eigenvalue weighted by Gasteiger charge is -2.03. The summed E-state index contributed by atoms with van der Waals surface area (Å²) in [6.45, 7) is 0. The van der Waals surface area contributed by atoms with Crippen LogP contribution in [0.3, 0.4) is 0 Å². The lowest BCUT2D eigenvalue weighted by Crippen LogP contribution is -2.12. The fourth-order valence-electron chi connectivity index (χ4n) is 2.16. The van der Waals surface area contributed by atoms with Gasteiger partial charge in [0.2, 0.25) is 0 Å². The van der Waals surface area contributed by atoms with Crippen LogP contribution >= 0.6 is 23.2 Å². The third-order valence-corrected chi connectivity index (χ3v) is 3.92. The molecule has 1 amide bonds. The van der Waals surface area contributed by atoms with Crippen LogP contribution in [0.2, 0.25) is 10.0 Å². The number of hydrogen-bond donors (Lipinski definition) is 0. The Bertz CT molecular complexity index is 916. The highest BCUT2D eigenvalue weighted by Crippen LogP contribution is 2.21. The van der Waals surface area contributed by atoms with E-state index in [9.17, 15) is 4.79 Å². The van der Waals surface area contributed by atoms with Gasteiger partial charge in [0, 0.05) is 16.2 Å². The van der Waals surface area contributed by atoms with Gasteiger partial charge in [-0.25, -0.2) is 9.67 Å². The van der Waals surface area contributed by atoms with E-state index in [0.29, 0.717) is 21.0 Å². The number of benzene rings is 2. The van der Waals surface area contributed by atoms with E-state index in [2.05, 4.69) is 10.1 Å². The summed E-state index contributed by atoms with van der Waals surface area (Å²) in [4.78, 5) is 16.1. The minimum absolute atomic E-state index is 0.115. The molecule has 0 N–H and O–H groups in total. The first-order valence-electron chi connectivity index (χ1n) is 7.24. The van der Waals surface area contributed by atoms with Crippen LogP contribution in [0.1, 0.15) is 5.56 Å². The van der Waals surface area contributed by atoms with Gasteiger partial charge < -0.3 is 0 Å². The van der Waals surface area contributed by atoms with E-state index in [1.807, 2.05) is 30.3 Å². The molecular formula is C18H13Cl2N3O. The number of carbonyl (C=O) groups is 1. The molecule has 0 saturated carbocycles. The summed E-state index contributed by atoms with van der Waals surface area (Å²) in [5.41, 5.74) is 1.63. The molecule has 24 heavy (non-hydrogen) atoms. The van der Waals surface area contributed by atoms with Crippen molar-refractivity contribution in [2.75, 3.05) is 0 Å². The zero-order chi connectivity index (χ0) is 16.9. The van der Waals surface area contributed by atoms with Crippen molar-refractivity contribution < 1.29 is 4.79 Å². The van der Waals surface area contributed by atoms with Gasteiger partial charge in [0.05, 0.1) is 23.7 Å². The third-order valence-electron chi connectivity index (χ3n) is 3.33. The van der Waals surface area contributed by atoms with Crippen molar-refractivity contribution in [3.63, 3.8) is 0 Å². The number of hydrogen-bond acceptors (Lipinski definition) is 2. The van der Waals surface area contributed by atoms with Gasteiger partial charge >= 0.3 is 0 Å². The van der Waals surface area contributed by atoms with Gasteiger partial charge in [-0.3, -0.25) is 4.79 Å². The highest BCUT2D eigenvalue weighted by molar-refractivity contribution is 6.35. The second kappa shape index (κ2) is 7.43. The van der Waals surface area contributed by atoms with Gasteiger partial charge in [0.1, 0.15) is 0 Å². The molecule has 0 radical (unpaired) electrons. The molecule has 0 atom stereocenters. The first kappa shape index (κ1) is 16.4. The third kappa shape index (κ3) is 4.10. The number of nitrogens with zero attached hydrogens (tertiary/aromatic N) is 3. The highest BCUT2D eigenvalue weighted by Gasteiger charge is 2.06. The van der Waals surface area contributed by atoms with Crippen molar-refractivity contribution >= 4 is 29.1 Å². The van der Waals surface area contributed by atoms with Crippen molar-refractivity contribution in [3.8, 4) is 5.69 Å². The average Bonchev–Trinajstić information content (AvgIpc) is 2.59. The van der Waals surface area contributed by atoms with E-state index in [0.717, 1.165) is 5.69 Å². The Kier molecular flexibility index (Phi) is 5.08. The van der Waals surface area contributed by atoms with Crippen LogP contribution in [0, 0.1) is 0 Å². The molecule has 0 spiro atoms. The molecule has 2 aromatic carbocycles. The maximum Gasteiger partial charge on any atom is 0.250 e. The Morgan fingerprint density at radius 3 is 2.54 bits per heavy atom. The first-order chi connectivity index (χ1) is 11.6. The van der Waals surface area contributed by atoms with Gasteiger partial charge in [0.15, 0.2) is 0 Å². The maximum atomic E-state index is 12.1. The molecule has 120 valence electrons. The number of halogens is 2. The molecule has 0 aliphatic rings. The molecular weight excluding hydrogens is 345 g/mol. The normalized spacial score (nSPS) is 11.5. The van der Waals surface area contributed by atoms with Crippen molar-refractivity contribution in [3.05, 3.63) is 88.0 Å². The van der Waals surface area contributed by atoms with Crippen molar-refractivity contribution in [1.82, 2.24) is 9.78 Å². The van der Waals surface area contributed by atoms with Crippen LogP contribution in [-0.2, 0) is 11.2 Å². The molecule has 4 nitrogen and oxygen atoms in total.